The number of rotatable bonds is 3. The van der Waals surface area contributed by atoms with Crippen LogP contribution in [0.2, 0.25) is 0 Å². The molecule has 0 amide bonds. The van der Waals surface area contributed by atoms with Gasteiger partial charge in [-0.25, -0.2) is 0 Å². The number of aliphatic hydroxyl groups excluding tert-OH is 1. The highest BCUT2D eigenvalue weighted by Crippen LogP contribution is 2.34. The summed E-state index contributed by atoms with van der Waals surface area (Å²) in [5.74, 6) is 0.954. The molecule has 0 radical (unpaired) electrons. The molecule has 0 heterocycles. The summed E-state index contributed by atoms with van der Waals surface area (Å²) in [7, 11) is 1.70. The predicted octanol–water partition coefficient (Wildman–Crippen LogP) is 2.89. The standard InChI is InChI=1S/C14H22O2/c1-9-7-12(14(4,5)8-15)10(2)11(3)13(9)16-6/h7,15H,8H2,1-6H3. The van der Waals surface area contributed by atoms with Gasteiger partial charge in [0.1, 0.15) is 5.75 Å². The summed E-state index contributed by atoms with van der Waals surface area (Å²) < 4.78 is 5.40. The highest BCUT2D eigenvalue weighted by molar-refractivity contribution is 5.51. The molecule has 1 aromatic carbocycles. The third kappa shape index (κ3) is 2.07. The van der Waals surface area contributed by atoms with Crippen LogP contribution in [0.3, 0.4) is 0 Å². The van der Waals surface area contributed by atoms with Crippen molar-refractivity contribution in [3.8, 4) is 5.75 Å². The normalized spacial score (nSPS) is 11.7. The Kier molecular flexibility index (Phi) is 3.64. The molecule has 1 aromatic rings. The zero-order valence-electron chi connectivity index (χ0n) is 11.1. The molecule has 0 saturated carbocycles. The van der Waals surface area contributed by atoms with Gasteiger partial charge in [-0.3, -0.25) is 0 Å². The number of aliphatic hydroxyl groups is 1. The minimum Gasteiger partial charge on any atom is -0.496 e. The quantitative estimate of drug-likeness (QED) is 0.852. The van der Waals surface area contributed by atoms with Crippen molar-refractivity contribution in [1.82, 2.24) is 0 Å². The van der Waals surface area contributed by atoms with Crippen molar-refractivity contribution in [2.75, 3.05) is 13.7 Å². The summed E-state index contributed by atoms with van der Waals surface area (Å²) in [5, 5.41) is 9.45. The molecular formula is C14H22O2. The summed E-state index contributed by atoms with van der Waals surface area (Å²) in [5.41, 5.74) is 4.50. The maximum absolute atomic E-state index is 9.45. The van der Waals surface area contributed by atoms with Gasteiger partial charge < -0.3 is 9.84 Å². The van der Waals surface area contributed by atoms with Crippen molar-refractivity contribution in [2.24, 2.45) is 0 Å². The highest BCUT2D eigenvalue weighted by Gasteiger charge is 2.24. The Morgan fingerprint density at radius 1 is 1.19 bits per heavy atom. The van der Waals surface area contributed by atoms with E-state index in [1.165, 1.54) is 16.7 Å². The molecule has 0 aliphatic rings. The molecule has 2 heteroatoms. The topological polar surface area (TPSA) is 29.5 Å². The van der Waals surface area contributed by atoms with E-state index in [4.69, 9.17) is 4.74 Å². The Bertz CT molecular complexity index is 392. The summed E-state index contributed by atoms with van der Waals surface area (Å²) >= 11 is 0. The summed E-state index contributed by atoms with van der Waals surface area (Å²) in [6, 6.07) is 2.12. The molecular weight excluding hydrogens is 200 g/mol. The van der Waals surface area contributed by atoms with Crippen molar-refractivity contribution in [1.29, 1.82) is 0 Å². The predicted molar refractivity (Wildman–Crippen MR) is 67.3 cm³/mol. The zero-order valence-corrected chi connectivity index (χ0v) is 11.1. The second-order valence-corrected chi connectivity index (χ2v) is 5.07. The monoisotopic (exact) mass is 222 g/mol. The third-order valence-electron chi connectivity index (χ3n) is 3.35. The van der Waals surface area contributed by atoms with Crippen molar-refractivity contribution in [2.45, 2.75) is 40.0 Å². The Hall–Kier alpha value is -1.02. The molecule has 0 aliphatic carbocycles. The van der Waals surface area contributed by atoms with E-state index in [1.807, 2.05) is 6.92 Å². The van der Waals surface area contributed by atoms with Crippen molar-refractivity contribution < 1.29 is 9.84 Å². The van der Waals surface area contributed by atoms with E-state index in [9.17, 15) is 5.11 Å². The van der Waals surface area contributed by atoms with Crippen LogP contribution in [-0.2, 0) is 5.41 Å². The van der Waals surface area contributed by atoms with Crippen LogP contribution in [0.1, 0.15) is 36.1 Å². The molecule has 0 aromatic heterocycles. The Balaban J connectivity index is 3.45. The molecule has 2 nitrogen and oxygen atoms in total. The largest absolute Gasteiger partial charge is 0.496 e. The molecule has 0 spiro atoms. The zero-order chi connectivity index (χ0) is 12.5. The second kappa shape index (κ2) is 4.46. The molecule has 0 aliphatic heterocycles. The SMILES string of the molecule is COc1c(C)cc(C(C)(C)CO)c(C)c1C. The summed E-state index contributed by atoms with van der Waals surface area (Å²) in [6.45, 7) is 10.5. The Labute approximate surface area is 98.3 Å². The van der Waals surface area contributed by atoms with Crippen LogP contribution >= 0.6 is 0 Å². The van der Waals surface area contributed by atoms with Gasteiger partial charge in [0.05, 0.1) is 13.7 Å². The maximum Gasteiger partial charge on any atom is 0.124 e. The van der Waals surface area contributed by atoms with Gasteiger partial charge in [-0.1, -0.05) is 19.9 Å². The van der Waals surface area contributed by atoms with E-state index in [0.29, 0.717) is 0 Å². The van der Waals surface area contributed by atoms with Gasteiger partial charge in [0.25, 0.3) is 0 Å². The van der Waals surface area contributed by atoms with Crippen LogP contribution in [0.4, 0.5) is 0 Å². The van der Waals surface area contributed by atoms with Crippen LogP contribution < -0.4 is 4.74 Å². The smallest absolute Gasteiger partial charge is 0.124 e. The van der Waals surface area contributed by atoms with Crippen LogP contribution in [0.15, 0.2) is 6.07 Å². The molecule has 0 unspecified atom stereocenters. The molecule has 0 saturated heterocycles. The first-order chi connectivity index (χ1) is 7.35. The van der Waals surface area contributed by atoms with Gasteiger partial charge in [-0.2, -0.15) is 0 Å². The molecule has 0 atom stereocenters. The average Bonchev–Trinajstić information content (AvgIpc) is 2.24. The number of benzene rings is 1. The molecule has 16 heavy (non-hydrogen) atoms. The number of aryl methyl sites for hydroxylation is 1. The van der Waals surface area contributed by atoms with Gasteiger partial charge in [0, 0.05) is 5.41 Å². The van der Waals surface area contributed by atoms with Crippen LogP contribution in [0.25, 0.3) is 0 Å². The van der Waals surface area contributed by atoms with E-state index >= 15 is 0 Å². The van der Waals surface area contributed by atoms with E-state index < -0.39 is 0 Å². The van der Waals surface area contributed by atoms with Gasteiger partial charge in [-0.05, 0) is 43.0 Å². The number of hydrogen-bond acceptors (Lipinski definition) is 2. The fourth-order valence-corrected chi connectivity index (χ4v) is 2.16. The lowest BCUT2D eigenvalue weighted by atomic mass is 9.80. The number of hydrogen-bond donors (Lipinski definition) is 1. The van der Waals surface area contributed by atoms with E-state index in [1.54, 1.807) is 7.11 Å². The maximum atomic E-state index is 9.45. The van der Waals surface area contributed by atoms with Gasteiger partial charge in [-0.15, -0.1) is 0 Å². The van der Waals surface area contributed by atoms with Gasteiger partial charge in [0.15, 0.2) is 0 Å². The van der Waals surface area contributed by atoms with Crippen molar-refractivity contribution >= 4 is 0 Å². The van der Waals surface area contributed by atoms with E-state index in [-0.39, 0.29) is 12.0 Å². The number of ether oxygens (including phenoxy) is 1. The fourth-order valence-electron chi connectivity index (χ4n) is 2.16. The van der Waals surface area contributed by atoms with Gasteiger partial charge >= 0.3 is 0 Å². The van der Waals surface area contributed by atoms with Crippen LogP contribution in [0, 0.1) is 20.8 Å². The third-order valence-corrected chi connectivity index (χ3v) is 3.35. The molecule has 0 fully saturated rings. The minimum atomic E-state index is -0.203. The number of methoxy groups -OCH3 is 1. The minimum absolute atomic E-state index is 0.152. The first-order valence-corrected chi connectivity index (χ1v) is 5.61. The van der Waals surface area contributed by atoms with Gasteiger partial charge in [0.2, 0.25) is 0 Å². The van der Waals surface area contributed by atoms with Crippen LogP contribution in [-0.4, -0.2) is 18.8 Å². The Morgan fingerprint density at radius 2 is 1.75 bits per heavy atom. The molecule has 1 rings (SSSR count). The lowest BCUT2D eigenvalue weighted by Gasteiger charge is -2.27. The van der Waals surface area contributed by atoms with E-state index in [0.717, 1.165) is 11.3 Å². The highest BCUT2D eigenvalue weighted by atomic mass is 16.5. The molecule has 0 bridgehead atoms. The van der Waals surface area contributed by atoms with Crippen LogP contribution in [0.5, 0.6) is 5.75 Å². The van der Waals surface area contributed by atoms with Crippen molar-refractivity contribution in [3.05, 3.63) is 28.3 Å². The average molecular weight is 222 g/mol. The fraction of sp³-hybridized carbons (Fsp3) is 0.571. The molecule has 90 valence electrons. The molecule has 1 N–H and O–H groups in total. The second-order valence-electron chi connectivity index (χ2n) is 5.07. The summed E-state index contributed by atoms with van der Waals surface area (Å²) in [4.78, 5) is 0. The summed E-state index contributed by atoms with van der Waals surface area (Å²) in [6.07, 6.45) is 0. The van der Waals surface area contributed by atoms with Crippen molar-refractivity contribution in [3.63, 3.8) is 0 Å². The van der Waals surface area contributed by atoms with E-state index in [2.05, 4.69) is 33.8 Å². The lowest BCUT2D eigenvalue weighted by Crippen LogP contribution is -2.24. The lowest BCUT2D eigenvalue weighted by molar-refractivity contribution is 0.218. The first-order valence-electron chi connectivity index (χ1n) is 5.61. The first kappa shape index (κ1) is 13.0. The Morgan fingerprint density at radius 3 is 2.19 bits per heavy atom.